The number of nitrogens with zero attached hydrogens (tertiary/aromatic N) is 4. The lowest BCUT2D eigenvalue weighted by molar-refractivity contribution is 0.0663. The van der Waals surface area contributed by atoms with Crippen LogP contribution in [-0.4, -0.2) is 103 Å². The average Bonchev–Trinajstić information content (AvgIpc) is 3.55. The number of amidine groups is 2. The third kappa shape index (κ3) is 8.21. The molecule has 4 N–H and O–H groups in total. The van der Waals surface area contributed by atoms with Crippen molar-refractivity contribution in [2.75, 3.05) is 64.1 Å². The second-order valence-corrected chi connectivity index (χ2v) is 13.1. The van der Waals surface area contributed by atoms with Gasteiger partial charge < -0.3 is 35.1 Å². The molecule has 0 unspecified atom stereocenters. The fourth-order valence-electron chi connectivity index (χ4n) is 5.68. The zero-order chi connectivity index (χ0) is 32.8. The highest BCUT2D eigenvalue weighted by molar-refractivity contribution is 6.10. The first kappa shape index (κ1) is 32.9. The van der Waals surface area contributed by atoms with Gasteiger partial charge in [-0.2, -0.15) is 0 Å². The molecule has 11 heteroatoms. The number of likely N-dealkylation sites (tertiary alicyclic amines) is 1. The van der Waals surface area contributed by atoms with E-state index in [0.29, 0.717) is 60.7 Å². The fourth-order valence-corrected chi connectivity index (χ4v) is 5.68. The van der Waals surface area contributed by atoms with Crippen LogP contribution < -0.4 is 10.6 Å². The maximum Gasteiger partial charge on any atom is 0.323 e. The van der Waals surface area contributed by atoms with Gasteiger partial charge in [-0.1, -0.05) is 20.8 Å². The molecule has 2 aliphatic heterocycles. The minimum absolute atomic E-state index is 0.0165. The van der Waals surface area contributed by atoms with Gasteiger partial charge in [0, 0.05) is 65.8 Å². The van der Waals surface area contributed by atoms with E-state index in [4.69, 9.17) is 15.1 Å². The van der Waals surface area contributed by atoms with Crippen LogP contribution in [0.1, 0.15) is 60.9 Å². The van der Waals surface area contributed by atoms with Gasteiger partial charge in [-0.15, -0.1) is 0 Å². The Morgan fingerprint density at radius 1 is 0.848 bits per heavy atom. The molecule has 3 amide bonds. The van der Waals surface area contributed by atoms with Gasteiger partial charge in [0.2, 0.25) is 0 Å². The molecule has 0 bridgehead atoms. The molecule has 0 atom stereocenters. The van der Waals surface area contributed by atoms with Gasteiger partial charge in [-0.05, 0) is 87.6 Å². The number of nitrogens with one attached hydrogen (secondary N) is 4. The predicted molar refractivity (Wildman–Crippen MR) is 183 cm³/mol. The Morgan fingerprint density at radius 3 is 1.93 bits per heavy atom. The first-order valence-electron chi connectivity index (χ1n) is 15.9. The van der Waals surface area contributed by atoms with Gasteiger partial charge in [0.15, 0.2) is 11.7 Å². The number of urea groups is 1. The summed E-state index contributed by atoms with van der Waals surface area (Å²) in [6.07, 6.45) is 1.94. The summed E-state index contributed by atoms with van der Waals surface area (Å²) in [5.74, 6) is 0.857. The molecule has 0 aliphatic carbocycles. The molecule has 11 nitrogen and oxygen atoms in total. The third-order valence-electron chi connectivity index (χ3n) is 8.55. The van der Waals surface area contributed by atoms with Crippen molar-refractivity contribution < 1.29 is 14.3 Å². The van der Waals surface area contributed by atoms with Crippen molar-refractivity contribution in [3.8, 4) is 0 Å². The SMILES string of the molecule is CN(C)C1CCN(C(=O)c2ccc(NC(=O)Nc3ccc(C(=N)/N=C(\c4ccc(C(C)(C)C)[nH]4)N4CCOCC4)cc3)cc2)CC1. The van der Waals surface area contributed by atoms with Crippen molar-refractivity contribution in [2.45, 2.75) is 45.1 Å². The number of carbonyl (C=O) groups excluding carboxylic acids is 2. The minimum atomic E-state index is -0.401. The molecular formula is C35H46N8O3. The first-order valence-corrected chi connectivity index (χ1v) is 15.9. The molecule has 2 aliphatic rings. The van der Waals surface area contributed by atoms with E-state index in [1.807, 2.05) is 11.0 Å². The Kier molecular flexibility index (Phi) is 10.2. The number of carbonyl (C=O) groups is 2. The maximum atomic E-state index is 13.0. The fraction of sp³-hybridized carbons (Fsp3) is 0.429. The Labute approximate surface area is 271 Å². The summed E-state index contributed by atoms with van der Waals surface area (Å²) in [5.41, 5.74) is 4.34. The number of H-pyrrole nitrogens is 1. The average molecular weight is 627 g/mol. The number of anilines is 2. The summed E-state index contributed by atoms with van der Waals surface area (Å²) in [4.78, 5) is 40.2. The molecular weight excluding hydrogens is 580 g/mol. The number of rotatable bonds is 6. The summed E-state index contributed by atoms with van der Waals surface area (Å²) >= 11 is 0. The number of morpholine rings is 1. The van der Waals surface area contributed by atoms with Crippen molar-refractivity contribution in [3.63, 3.8) is 0 Å². The van der Waals surface area contributed by atoms with E-state index < -0.39 is 6.03 Å². The number of hydrogen-bond donors (Lipinski definition) is 4. The van der Waals surface area contributed by atoms with Gasteiger partial charge in [0.1, 0.15) is 0 Å². The number of aromatic amines is 1. The summed E-state index contributed by atoms with van der Waals surface area (Å²) in [7, 11) is 4.16. The molecule has 0 saturated carbocycles. The molecule has 0 spiro atoms. The van der Waals surface area contributed by atoms with Crippen molar-refractivity contribution in [1.29, 1.82) is 5.41 Å². The van der Waals surface area contributed by atoms with Gasteiger partial charge in [-0.25, -0.2) is 9.79 Å². The van der Waals surface area contributed by atoms with Crippen LogP contribution in [0.15, 0.2) is 65.7 Å². The topological polar surface area (TPSA) is 129 Å². The second kappa shape index (κ2) is 14.3. The summed E-state index contributed by atoms with van der Waals surface area (Å²) in [6.45, 7) is 10.6. The van der Waals surface area contributed by atoms with Crippen LogP contribution in [-0.2, 0) is 10.2 Å². The number of piperidine rings is 1. The van der Waals surface area contributed by atoms with E-state index in [-0.39, 0.29) is 17.2 Å². The molecule has 5 rings (SSSR count). The number of aliphatic imine (C=N–C) groups is 1. The number of hydrogen-bond acceptors (Lipinski definition) is 5. The monoisotopic (exact) mass is 626 g/mol. The highest BCUT2D eigenvalue weighted by Gasteiger charge is 2.25. The van der Waals surface area contributed by atoms with Crippen LogP contribution in [0.25, 0.3) is 0 Å². The Bertz CT molecular complexity index is 1540. The Hall–Kier alpha value is -4.48. The minimum Gasteiger partial charge on any atom is -0.378 e. The number of ether oxygens (including phenoxy) is 1. The molecule has 2 aromatic carbocycles. The molecule has 2 saturated heterocycles. The van der Waals surface area contributed by atoms with E-state index in [9.17, 15) is 9.59 Å². The van der Waals surface area contributed by atoms with Crippen LogP contribution in [0.2, 0.25) is 0 Å². The molecule has 0 radical (unpaired) electrons. The van der Waals surface area contributed by atoms with Crippen LogP contribution >= 0.6 is 0 Å². The summed E-state index contributed by atoms with van der Waals surface area (Å²) in [5, 5.41) is 14.4. The van der Waals surface area contributed by atoms with Crippen molar-refractivity contribution in [3.05, 3.63) is 83.2 Å². The van der Waals surface area contributed by atoms with Crippen molar-refractivity contribution in [2.24, 2.45) is 4.99 Å². The molecule has 244 valence electrons. The van der Waals surface area contributed by atoms with Crippen LogP contribution in [0.3, 0.4) is 0 Å². The van der Waals surface area contributed by atoms with Gasteiger partial charge in [0.05, 0.1) is 18.9 Å². The highest BCUT2D eigenvalue weighted by Crippen LogP contribution is 2.23. The van der Waals surface area contributed by atoms with Gasteiger partial charge in [-0.3, -0.25) is 10.2 Å². The van der Waals surface area contributed by atoms with E-state index in [1.165, 1.54) is 0 Å². The van der Waals surface area contributed by atoms with Crippen LogP contribution in [0, 0.1) is 5.41 Å². The molecule has 2 fully saturated rings. The van der Waals surface area contributed by atoms with Crippen LogP contribution in [0.4, 0.5) is 16.2 Å². The number of aromatic nitrogens is 1. The zero-order valence-electron chi connectivity index (χ0n) is 27.5. The lowest BCUT2D eigenvalue weighted by atomic mass is 9.93. The number of benzene rings is 2. The highest BCUT2D eigenvalue weighted by atomic mass is 16.5. The maximum absolute atomic E-state index is 13.0. The van der Waals surface area contributed by atoms with Gasteiger partial charge >= 0.3 is 6.03 Å². The van der Waals surface area contributed by atoms with E-state index in [0.717, 1.165) is 37.3 Å². The Morgan fingerprint density at radius 2 is 1.41 bits per heavy atom. The Balaban J connectivity index is 1.18. The van der Waals surface area contributed by atoms with E-state index >= 15 is 0 Å². The lowest BCUT2D eigenvalue weighted by Crippen LogP contribution is -2.44. The quantitative estimate of drug-likeness (QED) is 0.220. The summed E-state index contributed by atoms with van der Waals surface area (Å²) < 4.78 is 5.55. The number of amides is 3. The molecule has 1 aromatic heterocycles. The van der Waals surface area contributed by atoms with Crippen molar-refractivity contribution >= 4 is 35.0 Å². The molecule has 3 heterocycles. The predicted octanol–water partition coefficient (Wildman–Crippen LogP) is 5.23. The molecule has 3 aromatic rings. The third-order valence-corrected chi connectivity index (χ3v) is 8.55. The largest absolute Gasteiger partial charge is 0.378 e. The smallest absolute Gasteiger partial charge is 0.323 e. The lowest BCUT2D eigenvalue weighted by Gasteiger charge is -2.35. The van der Waals surface area contributed by atoms with Gasteiger partial charge in [0.25, 0.3) is 5.91 Å². The summed E-state index contributed by atoms with van der Waals surface area (Å²) in [6, 6.07) is 18.2. The second-order valence-electron chi connectivity index (χ2n) is 13.1. The first-order chi connectivity index (χ1) is 22.0. The molecule has 46 heavy (non-hydrogen) atoms. The van der Waals surface area contributed by atoms with Crippen molar-refractivity contribution in [1.82, 2.24) is 19.7 Å². The zero-order valence-corrected chi connectivity index (χ0v) is 27.5. The standard InChI is InChI=1S/C35H46N8O3/c1-35(2,3)30-15-14-29(39-30)32(42-20-22-46-23-21-42)40-31(36)24-6-10-26(11-7-24)37-34(45)38-27-12-8-25(9-13-27)33(44)43-18-16-28(17-19-43)41(4)5/h6-15,28,36,39H,16-23H2,1-5H3,(H2,37,38,45)/b36-31?,40-32+. The van der Waals surface area contributed by atoms with Crippen LogP contribution in [0.5, 0.6) is 0 Å². The normalized spacial score (nSPS) is 16.4. The van der Waals surface area contributed by atoms with E-state index in [1.54, 1.807) is 48.5 Å². The van der Waals surface area contributed by atoms with E-state index in [2.05, 4.69) is 66.4 Å².